The van der Waals surface area contributed by atoms with Crippen molar-refractivity contribution in [1.82, 2.24) is 15.2 Å². The molecule has 0 saturated heterocycles. The van der Waals surface area contributed by atoms with Crippen LogP contribution in [0.5, 0.6) is 0 Å². The monoisotopic (exact) mass is 782 g/mol. The Morgan fingerprint density at radius 1 is 0.683 bits per heavy atom. The van der Waals surface area contributed by atoms with E-state index in [2.05, 4.69) is 189 Å². The van der Waals surface area contributed by atoms with Crippen molar-refractivity contribution in [3.8, 4) is 0 Å². The lowest BCUT2D eigenvalue weighted by atomic mass is 9.63. The average molecular weight is 783 g/mol. The molecular formula is C55H50N4O. The van der Waals surface area contributed by atoms with Crippen LogP contribution in [0.25, 0.3) is 60.4 Å². The summed E-state index contributed by atoms with van der Waals surface area (Å²) in [5, 5.41) is 16.8. The molecule has 0 saturated carbocycles. The standard InChI is InChI=1S/C55H50N4O/c1-54(2)29-30-55(3,4)45-32-47-43(31-44(45)54)49-38-17-8-6-14-34(38)25-28-46(49)59(47)36-26-23-35(24-27-36)51-56-52(41-20-11-15-33-13-5-7-16-37(33)41)58-53(57-51)42-21-12-19-40-39-18-9-10-22-48(39)60-50(40)42/h5-20,22-26,28,31-32,36,42,51-52,56H,21,27,29-30H2,1-4H3,(H,57,58). The minimum atomic E-state index is -0.243. The lowest BCUT2D eigenvalue weighted by Crippen LogP contribution is -2.53. The van der Waals surface area contributed by atoms with Crippen molar-refractivity contribution in [3.05, 3.63) is 173 Å². The molecule has 6 aromatic carbocycles. The summed E-state index contributed by atoms with van der Waals surface area (Å²) in [6.07, 6.45) is 15.5. The van der Waals surface area contributed by atoms with Crippen LogP contribution in [0, 0.1) is 0 Å². The molecule has 60 heavy (non-hydrogen) atoms. The maximum Gasteiger partial charge on any atom is 0.134 e. The van der Waals surface area contributed by atoms with Crippen molar-refractivity contribution in [2.75, 3.05) is 0 Å². The van der Waals surface area contributed by atoms with Crippen molar-refractivity contribution >= 4 is 66.2 Å². The third kappa shape index (κ3) is 5.44. The third-order valence-corrected chi connectivity index (χ3v) is 14.4. The first kappa shape index (κ1) is 35.7. The van der Waals surface area contributed by atoms with Crippen LogP contribution < -0.4 is 10.6 Å². The van der Waals surface area contributed by atoms with Crippen molar-refractivity contribution in [2.24, 2.45) is 4.99 Å². The lowest BCUT2D eigenvalue weighted by Gasteiger charge is -2.42. The van der Waals surface area contributed by atoms with Gasteiger partial charge in [-0.3, -0.25) is 5.32 Å². The number of amidine groups is 1. The molecule has 4 unspecified atom stereocenters. The van der Waals surface area contributed by atoms with Gasteiger partial charge in [-0.15, -0.1) is 0 Å². The fourth-order valence-electron chi connectivity index (χ4n) is 11.0. The van der Waals surface area contributed by atoms with Crippen LogP contribution in [0.4, 0.5) is 0 Å². The molecule has 4 atom stereocenters. The summed E-state index contributed by atoms with van der Waals surface area (Å²) in [6, 6.07) is 42.5. The molecule has 0 fully saturated rings. The van der Waals surface area contributed by atoms with Crippen molar-refractivity contribution in [3.63, 3.8) is 0 Å². The number of hydrogen-bond donors (Lipinski definition) is 2. The van der Waals surface area contributed by atoms with Gasteiger partial charge in [0.1, 0.15) is 29.5 Å². The first-order valence-electron chi connectivity index (χ1n) is 21.9. The summed E-state index contributed by atoms with van der Waals surface area (Å²) in [4.78, 5) is 5.49. The number of benzene rings is 6. The topological polar surface area (TPSA) is 54.5 Å². The smallest absolute Gasteiger partial charge is 0.134 e. The molecule has 3 aliphatic carbocycles. The van der Waals surface area contributed by atoms with Crippen LogP contribution in [0.2, 0.25) is 0 Å². The first-order chi connectivity index (χ1) is 29.2. The Hall–Kier alpha value is -6.17. The molecule has 3 heterocycles. The van der Waals surface area contributed by atoms with Gasteiger partial charge in [-0.25, -0.2) is 4.99 Å². The van der Waals surface area contributed by atoms with Crippen LogP contribution in [0.15, 0.2) is 155 Å². The maximum atomic E-state index is 6.64. The molecule has 0 radical (unpaired) electrons. The highest BCUT2D eigenvalue weighted by Crippen LogP contribution is 2.50. The molecule has 8 aromatic rings. The number of nitrogens with zero attached hydrogens (tertiary/aromatic N) is 2. The SMILES string of the molecule is CC1(C)CCC(C)(C)c2cc3c(cc21)c1c2ccccc2ccc1n3C1C=CC(C2NC(C3CC=Cc4c3oc3ccccc43)=NC(c3cccc4ccccc34)N2)=CC1. The van der Waals surface area contributed by atoms with Gasteiger partial charge in [0.25, 0.3) is 0 Å². The van der Waals surface area contributed by atoms with Crippen molar-refractivity contribution in [2.45, 2.75) is 88.5 Å². The molecule has 2 aromatic heterocycles. The van der Waals surface area contributed by atoms with Crippen LogP contribution in [0.3, 0.4) is 0 Å². The predicted octanol–water partition coefficient (Wildman–Crippen LogP) is 13.4. The van der Waals surface area contributed by atoms with E-state index in [1.165, 1.54) is 78.5 Å². The molecule has 0 spiro atoms. The molecule has 0 bridgehead atoms. The summed E-state index contributed by atoms with van der Waals surface area (Å²) in [7, 11) is 0. The van der Waals surface area contributed by atoms with Gasteiger partial charge in [-0.05, 0) is 105 Å². The van der Waals surface area contributed by atoms with Gasteiger partial charge in [0.2, 0.25) is 0 Å². The van der Waals surface area contributed by atoms with E-state index in [0.717, 1.165) is 41.0 Å². The van der Waals surface area contributed by atoms with Crippen molar-refractivity contribution in [1.29, 1.82) is 0 Å². The van der Waals surface area contributed by atoms with Crippen LogP contribution >= 0.6 is 0 Å². The Bertz CT molecular complexity index is 3200. The normalized spacial score (nSPS) is 23.1. The Balaban J connectivity index is 0.956. The summed E-state index contributed by atoms with van der Waals surface area (Å²) in [5.41, 5.74) is 10.4. The highest BCUT2D eigenvalue weighted by Gasteiger charge is 2.39. The summed E-state index contributed by atoms with van der Waals surface area (Å²) >= 11 is 0. The number of hydrogen-bond acceptors (Lipinski definition) is 4. The van der Waals surface area contributed by atoms with Gasteiger partial charge in [-0.2, -0.15) is 0 Å². The number of allylic oxidation sites excluding steroid dienone is 3. The summed E-state index contributed by atoms with van der Waals surface area (Å²) in [6.45, 7) is 9.76. The minimum Gasteiger partial charge on any atom is -0.460 e. The number of fused-ring (bicyclic) bond motifs is 10. The first-order valence-corrected chi connectivity index (χ1v) is 21.9. The van der Waals surface area contributed by atoms with E-state index in [-0.39, 0.29) is 35.1 Å². The number of nitrogens with one attached hydrogen (secondary N) is 2. The number of aromatic nitrogens is 1. The second-order valence-corrected chi connectivity index (χ2v) is 18.9. The minimum absolute atomic E-state index is 0.0204. The van der Waals surface area contributed by atoms with E-state index in [4.69, 9.17) is 9.41 Å². The zero-order valence-electron chi connectivity index (χ0n) is 34.8. The van der Waals surface area contributed by atoms with E-state index in [1.54, 1.807) is 0 Å². The highest BCUT2D eigenvalue weighted by molar-refractivity contribution is 6.21. The second kappa shape index (κ2) is 13.2. The van der Waals surface area contributed by atoms with E-state index < -0.39 is 0 Å². The van der Waals surface area contributed by atoms with Gasteiger partial charge >= 0.3 is 0 Å². The van der Waals surface area contributed by atoms with Crippen LogP contribution in [-0.4, -0.2) is 16.6 Å². The third-order valence-electron chi connectivity index (χ3n) is 14.4. The zero-order chi connectivity index (χ0) is 40.3. The molecule has 296 valence electrons. The molecule has 0 amide bonds. The van der Waals surface area contributed by atoms with E-state index in [9.17, 15) is 0 Å². The molecule has 1 aliphatic heterocycles. The molecule has 5 heteroatoms. The second-order valence-electron chi connectivity index (χ2n) is 18.9. The zero-order valence-corrected chi connectivity index (χ0v) is 34.8. The lowest BCUT2D eigenvalue weighted by molar-refractivity contribution is 0.332. The Morgan fingerprint density at radius 3 is 2.20 bits per heavy atom. The fraction of sp³-hybridized carbons (Fsp3) is 0.255. The van der Waals surface area contributed by atoms with E-state index in [1.807, 2.05) is 0 Å². The summed E-state index contributed by atoms with van der Waals surface area (Å²) < 4.78 is 9.28. The van der Waals surface area contributed by atoms with Gasteiger partial charge < -0.3 is 14.3 Å². The maximum absolute atomic E-state index is 6.64. The van der Waals surface area contributed by atoms with Crippen LogP contribution in [-0.2, 0) is 10.8 Å². The van der Waals surface area contributed by atoms with Gasteiger partial charge in [0, 0.05) is 21.7 Å². The number of para-hydroxylation sites is 1. The molecule has 2 N–H and O–H groups in total. The van der Waals surface area contributed by atoms with Gasteiger partial charge in [0.15, 0.2) is 0 Å². The fourth-order valence-corrected chi connectivity index (χ4v) is 11.0. The van der Waals surface area contributed by atoms with E-state index >= 15 is 0 Å². The predicted molar refractivity (Wildman–Crippen MR) is 250 cm³/mol. The average Bonchev–Trinajstić information content (AvgIpc) is 3.83. The molecule has 4 aliphatic rings. The molecule has 5 nitrogen and oxygen atoms in total. The Morgan fingerprint density at radius 2 is 1.40 bits per heavy atom. The number of aliphatic imine (C=N–C) groups is 1. The summed E-state index contributed by atoms with van der Waals surface area (Å²) in [5.74, 6) is 1.93. The Kier molecular flexibility index (Phi) is 7.84. The largest absolute Gasteiger partial charge is 0.460 e. The number of rotatable bonds is 4. The van der Waals surface area contributed by atoms with Gasteiger partial charge in [0.05, 0.1) is 23.0 Å². The van der Waals surface area contributed by atoms with Crippen molar-refractivity contribution < 1.29 is 4.42 Å². The van der Waals surface area contributed by atoms with Crippen LogP contribution in [0.1, 0.15) is 99.5 Å². The number of furan rings is 1. The molecule has 12 rings (SSSR count). The van der Waals surface area contributed by atoms with Gasteiger partial charge in [-0.1, -0.05) is 149 Å². The van der Waals surface area contributed by atoms with E-state index in [0.29, 0.717) is 0 Å². The molecular weight excluding hydrogens is 733 g/mol. The highest BCUT2D eigenvalue weighted by atomic mass is 16.3. The quantitative estimate of drug-likeness (QED) is 0.187. The Labute approximate surface area is 351 Å².